The van der Waals surface area contributed by atoms with Crippen LogP contribution in [0.4, 0.5) is 4.39 Å². The lowest BCUT2D eigenvalue weighted by Crippen LogP contribution is -2.26. The van der Waals surface area contributed by atoms with E-state index in [0.717, 1.165) is 6.07 Å². The number of hydrogen-bond acceptors (Lipinski definition) is 6. The molecule has 0 spiro atoms. The number of rotatable bonds is 8. The average molecular weight is 397 g/mol. The molecule has 1 heterocycles. The summed E-state index contributed by atoms with van der Waals surface area (Å²) < 4.78 is 56.3. The zero-order valence-corrected chi connectivity index (χ0v) is 15.5. The van der Waals surface area contributed by atoms with Crippen molar-refractivity contribution in [1.29, 1.82) is 0 Å². The minimum atomic E-state index is -3.90. The standard InChI is InChI=1S/C18H20FNO6S/c1-2-24-16-6-4-13(10-14(16)19)27(22,23)20-8-7-15(21)12-3-5-17-18(9-12)26-11-25-17/h3-6,9-10,15,20-21H,2,7-8,11H2,1H3/t15-/m0/s1. The predicted octanol–water partition coefficient (Wildman–Crippen LogP) is 2.36. The molecule has 0 fully saturated rings. The number of aliphatic hydroxyl groups is 1. The van der Waals surface area contributed by atoms with Crippen LogP contribution in [0, 0.1) is 5.82 Å². The topological polar surface area (TPSA) is 94.1 Å². The highest BCUT2D eigenvalue weighted by Gasteiger charge is 2.19. The fourth-order valence-electron chi connectivity index (χ4n) is 2.62. The van der Waals surface area contributed by atoms with Gasteiger partial charge in [-0.25, -0.2) is 17.5 Å². The van der Waals surface area contributed by atoms with Crippen molar-refractivity contribution in [3.05, 3.63) is 47.8 Å². The van der Waals surface area contributed by atoms with E-state index in [1.165, 1.54) is 12.1 Å². The summed E-state index contributed by atoms with van der Waals surface area (Å²) in [5.74, 6) is 0.385. The molecule has 0 aliphatic carbocycles. The first-order valence-electron chi connectivity index (χ1n) is 8.40. The van der Waals surface area contributed by atoms with Crippen LogP contribution in [0.15, 0.2) is 41.3 Å². The number of benzene rings is 2. The van der Waals surface area contributed by atoms with Gasteiger partial charge in [0.25, 0.3) is 0 Å². The highest BCUT2D eigenvalue weighted by atomic mass is 32.2. The lowest BCUT2D eigenvalue weighted by Gasteiger charge is -2.13. The molecule has 2 N–H and O–H groups in total. The van der Waals surface area contributed by atoms with Gasteiger partial charge < -0.3 is 19.3 Å². The highest BCUT2D eigenvalue weighted by molar-refractivity contribution is 7.89. The van der Waals surface area contributed by atoms with Crippen LogP contribution in [-0.2, 0) is 10.0 Å². The maximum Gasteiger partial charge on any atom is 0.240 e. The summed E-state index contributed by atoms with van der Waals surface area (Å²) in [6.07, 6.45) is -0.752. The van der Waals surface area contributed by atoms with E-state index in [4.69, 9.17) is 14.2 Å². The zero-order chi connectivity index (χ0) is 19.4. The second kappa shape index (κ2) is 8.12. The maximum absolute atomic E-state index is 13.9. The van der Waals surface area contributed by atoms with Crippen LogP contribution in [0.3, 0.4) is 0 Å². The summed E-state index contributed by atoms with van der Waals surface area (Å²) in [7, 11) is -3.90. The molecule has 0 saturated carbocycles. The van der Waals surface area contributed by atoms with Crippen molar-refractivity contribution < 1.29 is 32.1 Å². The summed E-state index contributed by atoms with van der Waals surface area (Å²) in [6.45, 7) is 2.09. The second-order valence-electron chi connectivity index (χ2n) is 5.84. The van der Waals surface area contributed by atoms with Crippen molar-refractivity contribution in [2.24, 2.45) is 0 Å². The van der Waals surface area contributed by atoms with Crippen molar-refractivity contribution in [2.75, 3.05) is 19.9 Å². The smallest absolute Gasteiger partial charge is 0.240 e. The van der Waals surface area contributed by atoms with Gasteiger partial charge in [-0.2, -0.15) is 0 Å². The first-order chi connectivity index (χ1) is 12.9. The minimum Gasteiger partial charge on any atom is -0.491 e. The Morgan fingerprint density at radius 2 is 2.00 bits per heavy atom. The highest BCUT2D eigenvalue weighted by Crippen LogP contribution is 2.34. The Morgan fingerprint density at radius 1 is 1.22 bits per heavy atom. The summed E-state index contributed by atoms with van der Waals surface area (Å²) in [5.41, 5.74) is 0.588. The number of hydrogen-bond donors (Lipinski definition) is 2. The van der Waals surface area contributed by atoms with Crippen LogP contribution in [-0.4, -0.2) is 33.5 Å². The summed E-state index contributed by atoms with van der Waals surface area (Å²) in [5, 5.41) is 10.3. The van der Waals surface area contributed by atoms with Gasteiger partial charge in [0.1, 0.15) is 0 Å². The van der Waals surface area contributed by atoms with Crippen LogP contribution < -0.4 is 18.9 Å². The average Bonchev–Trinajstić information content (AvgIpc) is 3.11. The molecule has 0 aromatic heterocycles. The third-order valence-electron chi connectivity index (χ3n) is 4.00. The number of halogens is 1. The van der Waals surface area contributed by atoms with E-state index in [2.05, 4.69) is 4.72 Å². The summed E-state index contributed by atoms with van der Waals surface area (Å²) in [4.78, 5) is -0.207. The van der Waals surface area contributed by atoms with Gasteiger partial charge in [-0.15, -0.1) is 0 Å². The number of aliphatic hydroxyl groups excluding tert-OH is 1. The Kier molecular flexibility index (Phi) is 5.83. The van der Waals surface area contributed by atoms with Gasteiger partial charge in [-0.3, -0.25) is 0 Å². The van der Waals surface area contributed by atoms with E-state index in [0.29, 0.717) is 17.1 Å². The number of ether oxygens (including phenoxy) is 3. The Labute approximate surface area is 156 Å². The molecule has 0 saturated heterocycles. The van der Waals surface area contributed by atoms with Gasteiger partial charge in [0, 0.05) is 6.54 Å². The van der Waals surface area contributed by atoms with Crippen LogP contribution in [0.25, 0.3) is 0 Å². The molecular formula is C18H20FNO6S. The lowest BCUT2D eigenvalue weighted by atomic mass is 10.1. The van der Waals surface area contributed by atoms with E-state index >= 15 is 0 Å². The number of nitrogens with one attached hydrogen (secondary N) is 1. The van der Waals surface area contributed by atoms with E-state index < -0.39 is 21.9 Å². The third-order valence-corrected chi connectivity index (χ3v) is 5.46. The Balaban J connectivity index is 1.59. The SMILES string of the molecule is CCOc1ccc(S(=O)(=O)NCC[C@H](O)c2ccc3c(c2)OCO3)cc1F. The Bertz CT molecular complexity index is 918. The van der Waals surface area contributed by atoms with Gasteiger partial charge in [0.15, 0.2) is 23.1 Å². The van der Waals surface area contributed by atoms with Crippen molar-refractivity contribution in [1.82, 2.24) is 4.72 Å². The molecule has 2 aromatic carbocycles. The summed E-state index contributed by atoms with van der Waals surface area (Å²) >= 11 is 0. The van der Waals surface area contributed by atoms with Crippen LogP contribution >= 0.6 is 0 Å². The van der Waals surface area contributed by atoms with Crippen LogP contribution in [0.1, 0.15) is 25.0 Å². The first-order valence-corrected chi connectivity index (χ1v) is 9.88. The molecule has 3 rings (SSSR count). The molecule has 0 radical (unpaired) electrons. The minimum absolute atomic E-state index is 0.00493. The van der Waals surface area contributed by atoms with Crippen LogP contribution in [0.5, 0.6) is 17.2 Å². The maximum atomic E-state index is 13.9. The molecule has 0 bridgehead atoms. The fraction of sp³-hybridized carbons (Fsp3) is 0.333. The van der Waals surface area contributed by atoms with Crippen molar-refractivity contribution in [3.63, 3.8) is 0 Å². The molecule has 146 valence electrons. The molecule has 9 heteroatoms. The molecule has 0 amide bonds. The quantitative estimate of drug-likeness (QED) is 0.710. The van der Waals surface area contributed by atoms with Crippen molar-refractivity contribution >= 4 is 10.0 Å². The van der Waals surface area contributed by atoms with E-state index in [9.17, 15) is 17.9 Å². The van der Waals surface area contributed by atoms with Crippen LogP contribution in [0.2, 0.25) is 0 Å². The molecular weight excluding hydrogens is 377 g/mol. The molecule has 0 unspecified atom stereocenters. The fourth-order valence-corrected chi connectivity index (χ4v) is 3.68. The monoisotopic (exact) mass is 397 g/mol. The Hall–Kier alpha value is -2.36. The molecule has 1 aliphatic heterocycles. The third kappa shape index (κ3) is 4.49. The molecule has 1 aliphatic rings. The summed E-state index contributed by atoms with van der Waals surface area (Å²) in [6, 6.07) is 8.48. The largest absolute Gasteiger partial charge is 0.491 e. The van der Waals surface area contributed by atoms with Crippen molar-refractivity contribution in [2.45, 2.75) is 24.3 Å². The van der Waals surface area contributed by atoms with Gasteiger partial charge in [-0.1, -0.05) is 6.07 Å². The number of fused-ring (bicyclic) bond motifs is 1. The van der Waals surface area contributed by atoms with E-state index in [-0.39, 0.29) is 37.0 Å². The normalized spacial score (nSPS) is 14.2. The molecule has 2 aromatic rings. The zero-order valence-electron chi connectivity index (χ0n) is 14.6. The van der Waals surface area contributed by atoms with Gasteiger partial charge in [-0.05, 0) is 49.2 Å². The predicted molar refractivity (Wildman–Crippen MR) is 94.9 cm³/mol. The first kappa shape index (κ1) is 19.4. The Morgan fingerprint density at radius 3 is 2.74 bits per heavy atom. The second-order valence-corrected chi connectivity index (χ2v) is 7.61. The van der Waals surface area contributed by atoms with E-state index in [1.54, 1.807) is 25.1 Å². The van der Waals surface area contributed by atoms with E-state index in [1.807, 2.05) is 0 Å². The lowest BCUT2D eigenvalue weighted by molar-refractivity contribution is 0.166. The van der Waals surface area contributed by atoms with Gasteiger partial charge >= 0.3 is 0 Å². The number of sulfonamides is 1. The van der Waals surface area contributed by atoms with Crippen molar-refractivity contribution in [3.8, 4) is 17.2 Å². The van der Waals surface area contributed by atoms with Gasteiger partial charge in [0.05, 0.1) is 17.6 Å². The van der Waals surface area contributed by atoms with Gasteiger partial charge in [0.2, 0.25) is 16.8 Å². The molecule has 1 atom stereocenters. The molecule has 27 heavy (non-hydrogen) atoms. The molecule has 7 nitrogen and oxygen atoms in total.